The standard InChI is InChI=1S/C13H22N4O/c1-9(2)12-7-11(16-17(12)3)13(18)15-10-5-4-6-14-8-10/h7,9-10,14H,4-6,8H2,1-3H3,(H,15,18)/t10-/m0/s1. The number of aromatic nitrogens is 2. The van der Waals surface area contributed by atoms with Crippen molar-refractivity contribution < 1.29 is 4.79 Å². The molecule has 100 valence electrons. The van der Waals surface area contributed by atoms with Crippen LogP contribution in [0.5, 0.6) is 0 Å². The molecular formula is C13H22N4O. The number of aryl methyl sites for hydroxylation is 1. The monoisotopic (exact) mass is 250 g/mol. The highest BCUT2D eigenvalue weighted by molar-refractivity contribution is 5.92. The molecule has 0 bridgehead atoms. The summed E-state index contributed by atoms with van der Waals surface area (Å²) in [5.74, 6) is 0.312. The summed E-state index contributed by atoms with van der Waals surface area (Å²) in [6, 6.07) is 2.12. The zero-order valence-electron chi connectivity index (χ0n) is 11.4. The Labute approximate surface area is 108 Å². The summed E-state index contributed by atoms with van der Waals surface area (Å²) >= 11 is 0. The second-order valence-electron chi connectivity index (χ2n) is 5.25. The van der Waals surface area contributed by atoms with Crippen molar-refractivity contribution in [3.05, 3.63) is 17.5 Å². The lowest BCUT2D eigenvalue weighted by atomic mass is 10.1. The van der Waals surface area contributed by atoms with Gasteiger partial charge in [0.1, 0.15) is 5.69 Å². The van der Waals surface area contributed by atoms with Crippen LogP contribution in [0.15, 0.2) is 6.07 Å². The summed E-state index contributed by atoms with van der Waals surface area (Å²) < 4.78 is 1.79. The van der Waals surface area contributed by atoms with Crippen LogP contribution in [-0.2, 0) is 7.05 Å². The number of nitrogens with one attached hydrogen (secondary N) is 2. The molecule has 1 saturated heterocycles. The lowest BCUT2D eigenvalue weighted by molar-refractivity contribution is 0.0925. The first-order valence-corrected chi connectivity index (χ1v) is 6.63. The highest BCUT2D eigenvalue weighted by atomic mass is 16.2. The van der Waals surface area contributed by atoms with Gasteiger partial charge in [0.05, 0.1) is 0 Å². The van der Waals surface area contributed by atoms with E-state index in [2.05, 4.69) is 29.6 Å². The minimum Gasteiger partial charge on any atom is -0.347 e. The van der Waals surface area contributed by atoms with Crippen molar-refractivity contribution in [3.8, 4) is 0 Å². The van der Waals surface area contributed by atoms with Crippen LogP contribution < -0.4 is 10.6 Å². The normalized spacial score (nSPS) is 20.1. The molecule has 1 aromatic rings. The Morgan fingerprint density at radius 2 is 2.39 bits per heavy atom. The number of nitrogens with zero attached hydrogens (tertiary/aromatic N) is 2. The highest BCUT2D eigenvalue weighted by Gasteiger charge is 2.19. The van der Waals surface area contributed by atoms with Crippen molar-refractivity contribution in [3.63, 3.8) is 0 Å². The highest BCUT2D eigenvalue weighted by Crippen LogP contribution is 2.14. The molecule has 1 amide bonds. The van der Waals surface area contributed by atoms with Crippen molar-refractivity contribution in [1.82, 2.24) is 20.4 Å². The lowest BCUT2D eigenvalue weighted by Crippen LogP contribution is -2.45. The Morgan fingerprint density at radius 3 is 2.94 bits per heavy atom. The number of rotatable bonds is 3. The molecular weight excluding hydrogens is 228 g/mol. The average molecular weight is 250 g/mol. The van der Waals surface area contributed by atoms with Gasteiger partial charge in [-0.05, 0) is 31.4 Å². The third kappa shape index (κ3) is 2.90. The first kappa shape index (κ1) is 13.1. The predicted molar refractivity (Wildman–Crippen MR) is 70.7 cm³/mol. The van der Waals surface area contributed by atoms with Crippen LogP contribution in [0, 0.1) is 0 Å². The first-order valence-electron chi connectivity index (χ1n) is 6.63. The fraction of sp³-hybridized carbons (Fsp3) is 0.692. The van der Waals surface area contributed by atoms with E-state index in [1.807, 2.05) is 13.1 Å². The summed E-state index contributed by atoms with van der Waals surface area (Å²) in [6.45, 7) is 6.11. The second-order valence-corrected chi connectivity index (χ2v) is 5.25. The van der Waals surface area contributed by atoms with E-state index in [1.165, 1.54) is 0 Å². The third-order valence-electron chi connectivity index (χ3n) is 3.37. The maximum absolute atomic E-state index is 12.1. The van der Waals surface area contributed by atoms with Crippen molar-refractivity contribution in [2.45, 2.75) is 38.6 Å². The molecule has 5 heteroatoms. The minimum atomic E-state index is -0.0637. The van der Waals surface area contributed by atoms with E-state index in [0.29, 0.717) is 11.6 Å². The molecule has 1 aromatic heterocycles. The summed E-state index contributed by atoms with van der Waals surface area (Å²) in [5.41, 5.74) is 1.61. The molecule has 2 N–H and O–H groups in total. The molecule has 0 aromatic carbocycles. The molecule has 5 nitrogen and oxygen atoms in total. The summed E-state index contributed by atoms with van der Waals surface area (Å²) in [7, 11) is 1.88. The number of carbonyl (C=O) groups excluding carboxylic acids is 1. The number of carbonyl (C=O) groups is 1. The second kappa shape index (κ2) is 5.52. The molecule has 2 heterocycles. The van der Waals surface area contributed by atoms with Crippen LogP contribution in [0.2, 0.25) is 0 Å². The van der Waals surface area contributed by atoms with Gasteiger partial charge in [-0.15, -0.1) is 0 Å². The molecule has 1 aliphatic heterocycles. The van der Waals surface area contributed by atoms with E-state index >= 15 is 0 Å². The summed E-state index contributed by atoms with van der Waals surface area (Å²) in [6.07, 6.45) is 2.16. The summed E-state index contributed by atoms with van der Waals surface area (Å²) in [5, 5.41) is 10.6. The SMILES string of the molecule is CC(C)c1cc(C(=O)N[C@H]2CCCNC2)nn1C. The molecule has 18 heavy (non-hydrogen) atoms. The first-order chi connectivity index (χ1) is 8.58. The predicted octanol–water partition coefficient (Wildman–Crippen LogP) is 1.03. The van der Waals surface area contributed by atoms with Crippen LogP contribution in [0.4, 0.5) is 0 Å². The zero-order chi connectivity index (χ0) is 13.1. The van der Waals surface area contributed by atoms with E-state index in [4.69, 9.17) is 0 Å². The van der Waals surface area contributed by atoms with Crippen LogP contribution in [0.3, 0.4) is 0 Å². The van der Waals surface area contributed by atoms with Crippen LogP contribution in [0.25, 0.3) is 0 Å². The largest absolute Gasteiger partial charge is 0.347 e. The van der Waals surface area contributed by atoms with Gasteiger partial charge in [-0.1, -0.05) is 13.8 Å². The van der Waals surface area contributed by atoms with Crippen molar-refractivity contribution >= 4 is 5.91 Å². The molecule has 0 spiro atoms. The molecule has 2 rings (SSSR count). The van der Waals surface area contributed by atoms with Gasteiger partial charge in [-0.3, -0.25) is 9.48 Å². The molecule has 1 fully saturated rings. The van der Waals surface area contributed by atoms with E-state index in [0.717, 1.165) is 31.6 Å². The number of amides is 1. The quantitative estimate of drug-likeness (QED) is 0.842. The summed E-state index contributed by atoms with van der Waals surface area (Å²) in [4.78, 5) is 12.1. The molecule has 1 atom stereocenters. The van der Waals surface area contributed by atoms with Crippen molar-refractivity contribution in [1.29, 1.82) is 0 Å². The molecule has 1 aliphatic rings. The number of piperidine rings is 1. The number of hydrogen-bond donors (Lipinski definition) is 2. The Balaban J connectivity index is 2.02. The smallest absolute Gasteiger partial charge is 0.272 e. The van der Waals surface area contributed by atoms with Gasteiger partial charge in [-0.25, -0.2) is 0 Å². The van der Waals surface area contributed by atoms with Gasteiger partial charge >= 0.3 is 0 Å². The third-order valence-corrected chi connectivity index (χ3v) is 3.37. The molecule has 0 unspecified atom stereocenters. The van der Waals surface area contributed by atoms with E-state index in [9.17, 15) is 4.79 Å². The van der Waals surface area contributed by atoms with Crippen LogP contribution >= 0.6 is 0 Å². The van der Waals surface area contributed by atoms with Gasteiger partial charge in [0.2, 0.25) is 0 Å². The van der Waals surface area contributed by atoms with Crippen LogP contribution in [-0.4, -0.2) is 34.8 Å². The van der Waals surface area contributed by atoms with Crippen LogP contribution in [0.1, 0.15) is 48.8 Å². The molecule has 0 aliphatic carbocycles. The van der Waals surface area contributed by atoms with Gasteiger partial charge < -0.3 is 10.6 Å². The topological polar surface area (TPSA) is 59.0 Å². The fourth-order valence-electron chi connectivity index (χ4n) is 2.37. The maximum atomic E-state index is 12.1. The molecule has 0 saturated carbocycles. The van der Waals surface area contributed by atoms with Crippen molar-refractivity contribution in [2.24, 2.45) is 7.05 Å². The van der Waals surface area contributed by atoms with E-state index in [1.54, 1.807) is 4.68 Å². The average Bonchev–Trinajstić information content (AvgIpc) is 2.73. The van der Waals surface area contributed by atoms with Crippen molar-refractivity contribution in [2.75, 3.05) is 13.1 Å². The van der Waals surface area contributed by atoms with Gasteiger partial charge in [0.15, 0.2) is 0 Å². The Bertz CT molecular complexity index is 419. The van der Waals surface area contributed by atoms with Gasteiger partial charge in [0.25, 0.3) is 5.91 Å². The van der Waals surface area contributed by atoms with Gasteiger partial charge in [0, 0.05) is 25.3 Å². The Kier molecular flexibility index (Phi) is 4.01. The minimum absolute atomic E-state index is 0.0637. The molecule has 0 radical (unpaired) electrons. The number of hydrogen-bond acceptors (Lipinski definition) is 3. The van der Waals surface area contributed by atoms with E-state index < -0.39 is 0 Å². The Morgan fingerprint density at radius 1 is 1.61 bits per heavy atom. The van der Waals surface area contributed by atoms with E-state index in [-0.39, 0.29) is 11.9 Å². The van der Waals surface area contributed by atoms with Gasteiger partial charge in [-0.2, -0.15) is 5.10 Å². The fourth-order valence-corrected chi connectivity index (χ4v) is 2.37. The zero-order valence-corrected chi connectivity index (χ0v) is 11.4. The lowest BCUT2D eigenvalue weighted by Gasteiger charge is -2.23. The maximum Gasteiger partial charge on any atom is 0.272 e. The Hall–Kier alpha value is -1.36.